The number of benzene rings is 2. The number of aromatic nitrogens is 2. The summed E-state index contributed by atoms with van der Waals surface area (Å²) in [5.41, 5.74) is 6.86. The summed E-state index contributed by atoms with van der Waals surface area (Å²) in [6.07, 6.45) is 0.907. The smallest absolute Gasteiger partial charge is 0.343 e. The fourth-order valence-corrected chi connectivity index (χ4v) is 8.90. The van der Waals surface area contributed by atoms with Crippen molar-refractivity contribution >= 4 is 46.2 Å². The Labute approximate surface area is 363 Å². The molecule has 0 radical (unpaired) electrons. The molecule has 4 aromatic rings. The summed E-state index contributed by atoms with van der Waals surface area (Å²) in [6.45, 7) is 6.62. The van der Waals surface area contributed by atoms with Gasteiger partial charge >= 0.3 is 5.97 Å². The van der Waals surface area contributed by atoms with Gasteiger partial charge in [0.25, 0.3) is 5.56 Å². The van der Waals surface area contributed by atoms with Crippen molar-refractivity contribution in [2.75, 3.05) is 13.1 Å². The van der Waals surface area contributed by atoms with Crippen molar-refractivity contribution in [3.8, 4) is 11.4 Å². The molecular formula is C47H53FN6O9. The number of esters is 1. The third kappa shape index (κ3) is 8.78. The fraction of sp³-hybridized carbons (Fsp3) is 0.447. The van der Waals surface area contributed by atoms with Crippen LogP contribution in [-0.2, 0) is 65.1 Å². The Hall–Kier alpha value is -6.13. The Bertz CT molecular complexity index is 2610. The number of ether oxygens (including phenoxy) is 1. The molecule has 1 aliphatic carbocycles. The standard InChI is InChI=1S/C47H53FN6O9/c1-5-47(62)31-20-36-42-29(23-54(36)43(59)30(31)24-63-45(47)61)41-33(13-12-28-25(2)32(48)21-35(52-42)40(28)41)53-44(60)46(3,4)17-18-50-38(57)16-14-37(56)34(19-26-9-7-6-8-10-26)51-39(58)15-11-27(55)22-49/h6-10,20-21,33-34,62H,5,11-19,22-24,49H2,1-4H3,(H,50,57)(H,51,58)(H,53,60)/t33-,34-,47-/m0/s1. The van der Waals surface area contributed by atoms with Gasteiger partial charge in [-0.2, -0.15) is 0 Å². The number of Topliss-reactive ketones (excluding diaryl/α,β-unsaturated/α-hetero) is 2. The number of carbonyl (C=O) groups excluding carboxylic acids is 6. The van der Waals surface area contributed by atoms with Gasteiger partial charge in [-0.05, 0) is 67.3 Å². The maximum absolute atomic E-state index is 15.4. The number of cyclic esters (lactones) is 1. The first-order valence-electron chi connectivity index (χ1n) is 21.4. The number of aryl methyl sites for hydroxylation is 1. The highest BCUT2D eigenvalue weighted by molar-refractivity contribution is 5.95. The largest absolute Gasteiger partial charge is 0.458 e. The normalized spacial score (nSPS) is 17.8. The number of rotatable bonds is 17. The van der Waals surface area contributed by atoms with E-state index >= 15 is 4.39 Å². The number of ketones is 2. The first-order chi connectivity index (χ1) is 30.0. The zero-order chi connectivity index (χ0) is 45.4. The third-order valence-corrected chi connectivity index (χ3v) is 12.8. The second-order valence-electron chi connectivity index (χ2n) is 17.4. The predicted molar refractivity (Wildman–Crippen MR) is 229 cm³/mol. The van der Waals surface area contributed by atoms with Crippen LogP contribution in [0.4, 0.5) is 4.39 Å². The Kier molecular flexibility index (Phi) is 12.8. The van der Waals surface area contributed by atoms with E-state index in [0.29, 0.717) is 46.3 Å². The third-order valence-electron chi connectivity index (χ3n) is 12.8. The van der Waals surface area contributed by atoms with E-state index in [1.165, 1.54) is 10.6 Å². The van der Waals surface area contributed by atoms with Gasteiger partial charge in [0.2, 0.25) is 17.7 Å². The fourth-order valence-electron chi connectivity index (χ4n) is 8.90. The van der Waals surface area contributed by atoms with E-state index in [1.54, 1.807) is 33.8 Å². The molecule has 0 spiro atoms. The number of nitrogens with zero attached hydrogens (tertiary/aromatic N) is 2. The van der Waals surface area contributed by atoms with Crippen molar-refractivity contribution in [2.45, 2.75) is 116 Å². The minimum atomic E-state index is -2.02. The van der Waals surface area contributed by atoms with E-state index < -0.39 is 52.3 Å². The molecule has 2 aromatic carbocycles. The zero-order valence-corrected chi connectivity index (χ0v) is 36.0. The van der Waals surface area contributed by atoms with Crippen molar-refractivity contribution in [3.63, 3.8) is 0 Å². The number of aliphatic hydroxyl groups is 1. The highest BCUT2D eigenvalue weighted by Crippen LogP contribution is 2.46. The van der Waals surface area contributed by atoms with Crippen molar-refractivity contribution in [1.82, 2.24) is 25.5 Å². The molecule has 6 N–H and O–H groups in total. The van der Waals surface area contributed by atoms with Crippen LogP contribution in [0.25, 0.3) is 22.3 Å². The zero-order valence-electron chi connectivity index (χ0n) is 36.0. The molecule has 2 aromatic heterocycles. The lowest BCUT2D eigenvalue weighted by atomic mass is 9.80. The first-order valence-corrected chi connectivity index (χ1v) is 21.4. The molecule has 16 heteroatoms. The lowest BCUT2D eigenvalue weighted by Crippen LogP contribution is -2.44. The monoisotopic (exact) mass is 864 g/mol. The molecule has 2 aliphatic heterocycles. The molecule has 63 heavy (non-hydrogen) atoms. The van der Waals surface area contributed by atoms with Crippen LogP contribution in [0.2, 0.25) is 0 Å². The lowest BCUT2D eigenvalue weighted by Gasteiger charge is -2.33. The molecule has 3 amide bonds. The van der Waals surface area contributed by atoms with Gasteiger partial charge < -0.3 is 36.1 Å². The number of hydrogen-bond donors (Lipinski definition) is 5. The summed E-state index contributed by atoms with van der Waals surface area (Å²) in [6, 6.07) is 10.6. The summed E-state index contributed by atoms with van der Waals surface area (Å²) in [5, 5.41) is 20.8. The molecule has 0 fully saturated rings. The van der Waals surface area contributed by atoms with Crippen molar-refractivity contribution in [2.24, 2.45) is 11.1 Å². The molecule has 3 aliphatic rings. The van der Waals surface area contributed by atoms with Gasteiger partial charge in [0.1, 0.15) is 18.2 Å². The molecule has 3 atom stereocenters. The number of nitrogens with two attached hydrogens (primary N) is 1. The van der Waals surface area contributed by atoms with Crippen molar-refractivity contribution in [1.29, 1.82) is 0 Å². The van der Waals surface area contributed by atoms with Gasteiger partial charge in [0, 0.05) is 60.2 Å². The molecule has 0 saturated carbocycles. The minimum Gasteiger partial charge on any atom is -0.458 e. The van der Waals surface area contributed by atoms with E-state index in [1.807, 2.05) is 30.3 Å². The van der Waals surface area contributed by atoms with Crippen LogP contribution >= 0.6 is 0 Å². The molecule has 332 valence electrons. The van der Waals surface area contributed by atoms with E-state index in [9.17, 15) is 38.7 Å². The number of halogens is 1. The molecule has 0 bridgehead atoms. The highest BCUT2D eigenvalue weighted by Gasteiger charge is 2.46. The SMILES string of the molecule is CC[C@@]1(O)C(=O)OCc2c1cc1n(c2=O)Cc2c-1nc1cc(F)c(C)c3c1c2[C@@H](NC(=O)C(C)(C)CCNC(=O)CCC(=O)[C@H](Cc1ccccc1)NC(=O)CCC(=O)CN)CC3. The van der Waals surface area contributed by atoms with Gasteiger partial charge in [0.15, 0.2) is 11.4 Å². The topological polar surface area (TPSA) is 229 Å². The van der Waals surface area contributed by atoms with Crippen LogP contribution in [0.5, 0.6) is 0 Å². The van der Waals surface area contributed by atoms with Crippen LogP contribution in [0, 0.1) is 18.2 Å². The molecule has 7 rings (SSSR count). The van der Waals surface area contributed by atoms with Gasteiger partial charge in [-0.3, -0.25) is 28.8 Å². The number of nitrogens with one attached hydrogen (secondary N) is 3. The van der Waals surface area contributed by atoms with Crippen LogP contribution < -0.4 is 27.2 Å². The van der Waals surface area contributed by atoms with Gasteiger partial charge in [0.05, 0.1) is 47.6 Å². The Morgan fingerprint density at radius 3 is 2.48 bits per heavy atom. The van der Waals surface area contributed by atoms with Crippen molar-refractivity contribution in [3.05, 3.63) is 97.6 Å². The number of hydrogen-bond acceptors (Lipinski definition) is 11. The summed E-state index contributed by atoms with van der Waals surface area (Å²) >= 11 is 0. The van der Waals surface area contributed by atoms with Crippen LogP contribution in [0.15, 0.2) is 47.3 Å². The number of fused-ring (bicyclic) bond motifs is 5. The Balaban J connectivity index is 1.04. The summed E-state index contributed by atoms with van der Waals surface area (Å²) in [5.74, 6) is -3.04. The van der Waals surface area contributed by atoms with Gasteiger partial charge in [-0.1, -0.05) is 51.1 Å². The predicted octanol–water partition coefficient (Wildman–Crippen LogP) is 3.55. The summed E-state index contributed by atoms with van der Waals surface area (Å²) in [4.78, 5) is 96.4. The average molecular weight is 865 g/mol. The van der Waals surface area contributed by atoms with E-state index in [-0.39, 0.29) is 99.8 Å². The number of pyridine rings is 2. The Morgan fingerprint density at radius 1 is 1.03 bits per heavy atom. The lowest BCUT2D eigenvalue weighted by molar-refractivity contribution is -0.172. The second-order valence-corrected chi connectivity index (χ2v) is 17.4. The van der Waals surface area contributed by atoms with Crippen LogP contribution in [0.1, 0.15) is 111 Å². The van der Waals surface area contributed by atoms with Crippen LogP contribution in [-0.4, -0.2) is 69.0 Å². The maximum atomic E-state index is 15.4. The maximum Gasteiger partial charge on any atom is 0.343 e. The van der Waals surface area contributed by atoms with Crippen LogP contribution in [0.3, 0.4) is 0 Å². The van der Waals surface area contributed by atoms with Gasteiger partial charge in [-0.15, -0.1) is 0 Å². The summed E-state index contributed by atoms with van der Waals surface area (Å²) in [7, 11) is 0. The molecule has 4 heterocycles. The molecule has 0 unspecified atom stereocenters. The Morgan fingerprint density at radius 2 is 1.76 bits per heavy atom. The van der Waals surface area contributed by atoms with E-state index in [0.717, 1.165) is 16.7 Å². The van der Waals surface area contributed by atoms with E-state index in [2.05, 4.69) is 16.0 Å². The van der Waals surface area contributed by atoms with Crippen molar-refractivity contribution < 1.29 is 43.0 Å². The average Bonchev–Trinajstić information content (AvgIpc) is 3.64. The number of amides is 3. The summed E-state index contributed by atoms with van der Waals surface area (Å²) < 4.78 is 22.2. The van der Waals surface area contributed by atoms with Gasteiger partial charge in [-0.25, -0.2) is 14.2 Å². The quantitative estimate of drug-likeness (QED) is 0.0850. The molecular weight excluding hydrogens is 812 g/mol. The second kappa shape index (κ2) is 17.9. The number of carbonyl (C=O) groups is 6. The minimum absolute atomic E-state index is 0.0232. The molecule has 15 nitrogen and oxygen atoms in total. The van der Waals surface area contributed by atoms with E-state index in [4.69, 9.17) is 15.5 Å². The first kappa shape index (κ1) is 44.9. The highest BCUT2D eigenvalue weighted by atomic mass is 19.1. The molecule has 0 saturated heterocycles.